The van der Waals surface area contributed by atoms with Crippen molar-refractivity contribution >= 4 is 11.8 Å². The van der Waals surface area contributed by atoms with E-state index in [2.05, 4.69) is 5.32 Å². The molecule has 1 aromatic carbocycles. The van der Waals surface area contributed by atoms with Crippen molar-refractivity contribution in [2.75, 3.05) is 26.2 Å². The molecule has 0 unspecified atom stereocenters. The number of nitrogens with zero attached hydrogens (tertiary/aromatic N) is 1. The van der Waals surface area contributed by atoms with Crippen LogP contribution in [0.4, 0.5) is 8.78 Å². The van der Waals surface area contributed by atoms with Gasteiger partial charge in [0.05, 0.1) is 12.1 Å². The van der Waals surface area contributed by atoms with Crippen LogP contribution in [0, 0.1) is 5.92 Å². The van der Waals surface area contributed by atoms with E-state index in [1.165, 1.54) is 11.0 Å². The highest BCUT2D eigenvalue weighted by atomic mass is 19.3. The molecule has 1 aromatic rings. The molecule has 0 spiro atoms. The first-order valence-electron chi connectivity index (χ1n) is 7.17. The maximum atomic E-state index is 12.3. The van der Waals surface area contributed by atoms with E-state index in [0.29, 0.717) is 43.1 Å². The van der Waals surface area contributed by atoms with E-state index >= 15 is 0 Å². The second kappa shape index (κ2) is 5.90. The SMILES string of the molecule is O=C1NCCOc2ccc(C(=O)N3CC(CC(F)F)C3)cc21. The smallest absolute Gasteiger partial charge is 0.255 e. The summed E-state index contributed by atoms with van der Waals surface area (Å²) in [6.07, 6.45) is -2.51. The molecule has 22 heavy (non-hydrogen) atoms. The second-order valence-corrected chi connectivity index (χ2v) is 5.52. The number of hydrogen-bond donors (Lipinski definition) is 1. The molecule has 1 N–H and O–H groups in total. The monoisotopic (exact) mass is 310 g/mol. The van der Waals surface area contributed by atoms with Crippen LogP contribution in [-0.4, -0.2) is 49.4 Å². The van der Waals surface area contributed by atoms with Gasteiger partial charge in [-0.15, -0.1) is 0 Å². The maximum Gasteiger partial charge on any atom is 0.255 e. The van der Waals surface area contributed by atoms with Crippen molar-refractivity contribution in [3.63, 3.8) is 0 Å². The highest BCUT2D eigenvalue weighted by Gasteiger charge is 2.33. The zero-order valence-electron chi connectivity index (χ0n) is 11.9. The van der Waals surface area contributed by atoms with E-state index in [-0.39, 0.29) is 24.2 Å². The summed E-state index contributed by atoms with van der Waals surface area (Å²) in [5, 5.41) is 2.68. The molecule has 2 aliphatic heterocycles. The Morgan fingerprint density at radius 1 is 1.41 bits per heavy atom. The molecule has 1 saturated heterocycles. The number of hydrogen-bond acceptors (Lipinski definition) is 3. The molecule has 2 aliphatic rings. The van der Waals surface area contributed by atoms with Crippen LogP contribution in [0.1, 0.15) is 27.1 Å². The summed E-state index contributed by atoms with van der Waals surface area (Å²) < 4.78 is 30.0. The number of carbonyl (C=O) groups excluding carboxylic acids is 2. The zero-order valence-corrected chi connectivity index (χ0v) is 11.9. The van der Waals surface area contributed by atoms with Gasteiger partial charge in [0.15, 0.2) is 0 Å². The number of likely N-dealkylation sites (tertiary alicyclic amines) is 1. The molecule has 7 heteroatoms. The molecule has 0 saturated carbocycles. The van der Waals surface area contributed by atoms with Crippen LogP contribution in [0.25, 0.3) is 0 Å². The van der Waals surface area contributed by atoms with E-state index in [4.69, 9.17) is 4.74 Å². The Labute approximate surface area is 126 Å². The fourth-order valence-corrected chi connectivity index (χ4v) is 2.71. The average Bonchev–Trinajstić information content (AvgIpc) is 2.63. The summed E-state index contributed by atoms with van der Waals surface area (Å²) in [4.78, 5) is 25.7. The normalized spacial score (nSPS) is 18.1. The third-order valence-corrected chi connectivity index (χ3v) is 3.87. The molecule has 3 rings (SSSR count). The first kappa shape index (κ1) is 14.7. The van der Waals surface area contributed by atoms with E-state index in [1.807, 2.05) is 0 Å². The third kappa shape index (κ3) is 2.88. The lowest BCUT2D eigenvalue weighted by Gasteiger charge is -2.39. The van der Waals surface area contributed by atoms with Gasteiger partial charge < -0.3 is 15.0 Å². The van der Waals surface area contributed by atoms with Crippen molar-refractivity contribution in [2.24, 2.45) is 5.92 Å². The number of alkyl halides is 2. The quantitative estimate of drug-likeness (QED) is 0.921. The zero-order chi connectivity index (χ0) is 15.7. The fourth-order valence-electron chi connectivity index (χ4n) is 2.71. The Balaban J connectivity index is 1.71. The summed E-state index contributed by atoms with van der Waals surface area (Å²) in [6.45, 7) is 1.47. The van der Waals surface area contributed by atoms with Gasteiger partial charge in [-0.2, -0.15) is 0 Å². The van der Waals surface area contributed by atoms with Gasteiger partial charge in [0.2, 0.25) is 6.43 Å². The largest absolute Gasteiger partial charge is 0.491 e. The molecular formula is C15H16F2N2O3. The minimum absolute atomic E-state index is 0.142. The lowest BCUT2D eigenvalue weighted by atomic mass is 9.95. The number of ether oxygens (including phenoxy) is 1. The molecule has 0 aliphatic carbocycles. The molecular weight excluding hydrogens is 294 g/mol. The molecule has 1 fully saturated rings. The Morgan fingerprint density at radius 2 is 2.18 bits per heavy atom. The van der Waals surface area contributed by atoms with Crippen LogP contribution in [0.15, 0.2) is 18.2 Å². The van der Waals surface area contributed by atoms with Gasteiger partial charge in [-0.25, -0.2) is 8.78 Å². The highest BCUT2D eigenvalue weighted by Crippen LogP contribution is 2.27. The number of nitrogens with one attached hydrogen (secondary N) is 1. The van der Waals surface area contributed by atoms with Gasteiger partial charge in [0.25, 0.3) is 11.8 Å². The van der Waals surface area contributed by atoms with Crippen molar-refractivity contribution in [2.45, 2.75) is 12.8 Å². The number of rotatable bonds is 3. The van der Waals surface area contributed by atoms with Gasteiger partial charge >= 0.3 is 0 Å². The van der Waals surface area contributed by atoms with Crippen LogP contribution < -0.4 is 10.1 Å². The van der Waals surface area contributed by atoms with Crippen molar-refractivity contribution in [1.29, 1.82) is 0 Å². The maximum absolute atomic E-state index is 12.3. The molecule has 0 radical (unpaired) electrons. The Hall–Kier alpha value is -2.18. The van der Waals surface area contributed by atoms with Crippen molar-refractivity contribution < 1.29 is 23.1 Å². The molecule has 2 amide bonds. The summed E-state index contributed by atoms with van der Waals surface area (Å²) in [5.74, 6) is -0.214. The minimum Gasteiger partial charge on any atom is -0.491 e. The standard InChI is InChI=1S/C15H16F2N2O3/c16-13(17)5-9-7-19(8-9)15(21)10-1-2-12-11(6-10)14(20)18-3-4-22-12/h1-2,6,9,13H,3-5,7-8H2,(H,18,20). The summed E-state index contributed by atoms with van der Waals surface area (Å²) in [5.41, 5.74) is 0.697. The molecule has 5 nitrogen and oxygen atoms in total. The Bertz CT molecular complexity index is 600. The van der Waals surface area contributed by atoms with Gasteiger partial charge in [-0.05, 0) is 24.1 Å². The van der Waals surface area contributed by atoms with Crippen molar-refractivity contribution in [3.8, 4) is 5.75 Å². The average molecular weight is 310 g/mol. The Kier molecular flexibility index (Phi) is 3.96. The lowest BCUT2D eigenvalue weighted by molar-refractivity contribution is 0.0280. The van der Waals surface area contributed by atoms with Gasteiger partial charge in [0.1, 0.15) is 12.4 Å². The van der Waals surface area contributed by atoms with E-state index in [1.54, 1.807) is 12.1 Å². The van der Waals surface area contributed by atoms with Gasteiger partial charge in [-0.1, -0.05) is 0 Å². The minimum atomic E-state index is -2.34. The van der Waals surface area contributed by atoms with Gasteiger partial charge in [-0.3, -0.25) is 9.59 Å². The van der Waals surface area contributed by atoms with Crippen LogP contribution in [0.5, 0.6) is 5.75 Å². The van der Waals surface area contributed by atoms with Crippen LogP contribution in [0.3, 0.4) is 0 Å². The topological polar surface area (TPSA) is 58.6 Å². The van der Waals surface area contributed by atoms with Crippen LogP contribution >= 0.6 is 0 Å². The predicted molar refractivity (Wildman–Crippen MR) is 74.3 cm³/mol. The van der Waals surface area contributed by atoms with Crippen molar-refractivity contribution in [3.05, 3.63) is 29.3 Å². The van der Waals surface area contributed by atoms with E-state index in [0.717, 1.165) is 0 Å². The molecule has 118 valence electrons. The first-order valence-corrected chi connectivity index (χ1v) is 7.17. The second-order valence-electron chi connectivity index (χ2n) is 5.52. The number of halogens is 2. The van der Waals surface area contributed by atoms with Crippen LogP contribution in [0.2, 0.25) is 0 Å². The number of amides is 2. The molecule has 2 heterocycles. The lowest BCUT2D eigenvalue weighted by Crippen LogP contribution is -2.50. The summed E-state index contributed by atoms with van der Waals surface area (Å²) in [6, 6.07) is 4.70. The number of fused-ring (bicyclic) bond motifs is 1. The van der Waals surface area contributed by atoms with E-state index < -0.39 is 6.43 Å². The highest BCUT2D eigenvalue weighted by molar-refractivity contribution is 6.01. The van der Waals surface area contributed by atoms with E-state index in [9.17, 15) is 18.4 Å². The summed E-state index contributed by atoms with van der Waals surface area (Å²) >= 11 is 0. The van der Waals surface area contributed by atoms with Crippen molar-refractivity contribution in [1.82, 2.24) is 10.2 Å². The number of carbonyl (C=O) groups is 2. The predicted octanol–water partition coefficient (Wildman–Crippen LogP) is 1.54. The first-order chi connectivity index (χ1) is 10.5. The third-order valence-electron chi connectivity index (χ3n) is 3.87. The van der Waals surface area contributed by atoms with Crippen LogP contribution in [-0.2, 0) is 0 Å². The molecule has 0 bridgehead atoms. The fraction of sp³-hybridized carbons (Fsp3) is 0.467. The summed E-state index contributed by atoms with van der Waals surface area (Å²) in [7, 11) is 0. The molecule has 0 atom stereocenters. The Morgan fingerprint density at radius 3 is 2.91 bits per heavy atom. The number of benzene rings is 1. The van der Waals surface area contributed by atoms with Gasteiger partial charge in [0, 0.05) is 25.1 Å². The molecule has 0 aromatic heterocycles.